The van der Waals surface area contributed by atoms with Crippen molar-refractivity contribution in [3.8, 4) is 0 Å². The lowest BCUT2D eigenvalue weighted by Crippen LogP contribution is -2.26. The molecule has 100 valence electrons. The topological polar surface area (TPSA) is 67.8 Å². The second-order valence-electron chi connectivity index (χ2n) is 3.74. The lowest BCUT2D eigenvalue weighted by molar-refractivity contribution is 0.0953. The van der Waals surface area contributed by atoms with E-state index in [4.69, 9.17) is 23.2 Å². The van der Waals surface area contributed by atoms with Gasteiger partial charge >= 0.3 is 0 Å². The van der Waals surface area contributed by atoms with Gasteiger partial charge in [-0.05, 0) is 13.0 Å². The molecule has 0 saturated heterocycles. The normalized spacial score (nSPS) is 10.5. The minimum atomic E-state index is -0.325. The smallest absolute Gasteiger partial charge is 0.254 e. The van der Waals surface area contributed by atoms with Gasteiger partial charge < -0.3 is 5.32 Å². The van der Waals surface area contributed by atoms with Crippen molar-refractivity contribution in [2.45, 2.75) is 13.3 Å². The Bertz CT molecular complexity index is 602. The van der Waals surface area contributed by atoms with Crippen LogP contribution in [0.25, 0.3) is 0 Å². The number of nitrogens with zero attached hydrogens (tertiary/aromatic N) is 3. The molecule has 0 aliphatic rings. The van der Waals surface area contributed by atoms with Crippen molar-refractivity contribution in [2.75, 3.05) is 6.54 Å². The van der Waals surface area contributed by atoms with E-state index in [-0.39, 0.29) is 21.8 Å². The van der Waals surface area contributed by atoms with E-state index in [0.29, 0.717) is 13.0 Å². The second-order valence-corrected chi connectivity index (χ2v) is 5.54. The van der Waals surface area contributed by atoms with Crippen LogP contribution in [0, 0.1) is 6.92 Å². The average Bonchev–Trinajstić information content (AvgIpc) is 2.78. The number of aryl methyl sites for hydroxylation is 1. The Morgan fingerprint density at radius 3 is 2.89 bits per heavy atom. The Morgan fingerprint density at radius 1 is 1.42 bits per heavy atom. The molecule has 0 atom stereocenters. The van der Waals surface area contributed by atoms with E-state index in [2.05, 4.69) is 20.5 Å². The Balaban J connectivity index is 1.92. The zero-order chi connectivity index (χ0) is 13.8. The number of halogens is 2. The van der Waals surface area contributed by atoms with E-state index >= 15 is 0 Å². The highest BCUT2D eigenvalue weighted by Gasteiger charge is 2.12. The predicted octanol–water partition coefficient (Wildman–Crippen LogP) is 2.52. The third-order valence-corrected chi connectivity index (χ3v) is 3.58. The summed E-state index contributed by atoms with van der Waals surface area (Å²) in [6.45, 7) is 2.41. The van der Waals surface area contributed by atoms with Gasteiger partial charge in [0.1, 0.15) is 0 Å². The monoisotopic (exact) mass is 316 g/mol. The molecule has 0 radical (unpaired) electrons. The third-order valence-electron chi connectivity index (χ3n) is 2.30. The number of rotatable bonds is 4. The van der Waals surface area contributed by atoms with Crippen molar-refractivity contribution >= 4 is 40.4 Å². The third kappa shape index (κ3) is 3.86. The molecule has 0 aliphatic carbocycles. The number of thiazole rings is 1. The predicted molar refractivity (Wildman–Crippen MR) is 74.9 cm³/mol. The summed E-state index contributed by atoms with van der Waals surface area (Å²) in [7, 11) is 0. The van der Waals surface area contributed by atoms with E-state index in [0.717, 1.165) is 10.7 Å². The highest BCUT2D eigenvalue weighted by Crippen LogP contribution is 2.15. The number of carbonyl (C=O) groups is 1. The van der Waals surface area contributed by atoms with Gasteiger partial charge in [-0.3, -0.25) is 4.79 Å². The summed E-state index contributed by atoms with van der Waals surface area (Å²) in [5.41, 5.74) is 1.18. The van der Waals surface area contributed by atoms with Crippen LogP contribution >= 0.6 is 34.5 Å². The molecule has 0 aliphatic heterocycles. The van der Waals surface area contributed by atoms with Gasteiger partial charge in [0.15, 0.2) is 10.3 Å². The van der Waals surface area contributed by atoms with Crippen LogP contribution in [0.2, 0.25) is 10.3 Å². The summed E-state index contributed by atoms with van der Waals surface area (Å²) in [4.78, 5) is 16.2. The van der Waals surface area contributed by atoms with E-state index < -0.39 is 0 Å². The molecule has 0 saturated carbocycles. The fourth-order valence-corrected chi connectivity index (χ4v) is 2.41. The fourth-order valence-electron chi connectivity index (χ4n) is 1.43. The second kappa shape index (κ2) is 6.27. The molecule has 2 aromatic rings. The van der Waals surface area contributed by atoms with E-state index in [1.165, 1.54) is 6.07 Å². The van der Waals surface area contributed by atoms with Crippen molar-refractivity contribution in [3.63, 3.8) is 0 Å². The lowest BCUT2D eigenvalue weighted by Gasteiger charge is -2.05. The molecule has 0 bridgehead atoms. The summed E-state index contributed by atoms with van der Waals surface area (Å²) in [6, 6.07) is 1.39. The number of aromatic nitrogens is 3. The number of nitrogens with one attached hydrogen (secondary N) is 1. The van der Waals surface area contributed by atoms with Gasteiger partial charge in [0.25, 0.3) is 5.91 Å². The molecule has 5 nitrogen and oxygen atoms in total. The van der Waals surface area contributed by atoms with Gasteiger partial charge in [0.2, 0.25) is 0 Å². The van der Waals surface area contributed by atoms with Crippen LogP contribution in [-0.2, 0) is 6.42 Å². The molecular formula is C11H10Cl2N4OS. The van der Waals surface area contributed by atoms with Gasteiger partial charge in [-0.1, -0.05) is 23.2 Å². The van der Waals surface area contributed by atoms with Gasteiger partial charge in [-0.25, -0.2) is 4.98 Å². The van der Waals surface area contributed by atoms with Crippen LogP contribution in [0.5, 0.6) is 0 Å². The SMILES string of the molecule is Cc1nc(CCNC(=O)c2cc(Cl)nnc2Cl)cs1. The Hall–Kier alpha value is -1.24. The maximum atomic E-state index is 11.9. The first-order valence-corrected chi connectivity index (χ1v) is 7.08. The van der Waals surface area contributed by atoms with Crippen LogP contribution in [0.1, 0.15) is 21.1 Å². The van der Waals surface area contributed by atoms with Gasteiger partial charge in [-0.15, -0.1) is 21.5 Å². The van der Waals surface area contributed by atoms with Crippen molar-refractivity contribution in [2.24, 2.45) is 0 Å². The van der Waals surface area contributed by atoms with E-state index in [1.54, 1.807) is 11.3 Å². The van der Waals surface area contributed by atoms with Crippen LogP contribution < -0.4 is 5.32 Å². The van der Waals surface area contributed by atoms with Crippen LogP contribution in [0.15, 0.2) is 11.4 Å². The van der Waals surface area contributed by atoms with Crippen molar-refractivity contribution in [1.29, 1.82) is 0 Å². The van der Waals surface area contributed by atoms with Crippen molar-refractivity contribution < 1.29 is 4.79 Å². The molecule has 0 aromatic carbocycles. The van der Waals surface area contributed by atoms with E-state index in [1.807, 2.05) is 12.3 Å². The summed E-state index contributed by atoms with van der Waals surface area (Å²) >= 11 is 13.0. The zero-order valence-corrected chi connectivity index (χ0v) is 12.3. The maximum absolute atomic E-state index is 11.9. The molecule has 1 N–H and O–H groups in total. The van der Waals surface area contributed by atoms with Gasteiger partial charge in [-0.2, -0.15) is 0 Å². The molecule has 8 heteroatoms. The summed E-state index contributed by atoms with van der Waals surface area (Å²) in [5.74, 6) is -0.325. The van der Waals surface area contributed by atoms with Crippen molar-refractivity contribution in [1.82, 2.24) is 20.5 Å². The Labute approximate surface area is 124 Å². The molecule has 0 spiro atoms. The summed E-state index contributed by atoms with van der Waals surface area (Å²) < 4.78 is 0. The molecule has 0 fully saturated rings. The largest absolute Gasteiger partial charge is 0.352 e. The minimum Gasteiger partial charge on any atom is -0.352 e. The van der Waals surface area contributed by atoms with Gasteiger partial charge in [0, 0.05) is 18.3 Å². The number of hydrogen-bond acceptors (Lipinski definition) is 5. The summed E-state index contributed by atoms with van der Waals surface area (Å²) in [5, 5.41) is 13.0. The first-order chi connectivity index (χ1) is 9.06. The lowest BCUT2D eigenvalue weighted by atomic mass is 10.2. The average molecular weight is 317 g/mol. The molecule has 1 amide bonds. The van der Waals surface area contributed by atoms with Crippen LogP contribution in [0.4, 0.5) is 0 Å². The standard InChI is InChI=1S/C11H10Cl2N4OS/c1-6-15-7(5-19-6)2-3-14-11(18)8-4-9(12)16-17-10(8)13/h4-5H,2-3H2,1H3,(H,14,18). The molecule has 0 unspecified atom stereocenters. The zero-order valence-electron chi connectivity index (χ0n) is 9.98. The molecule has 2 heterocycles. The summed E-state index contributed by atoms with van der Waals surface area (Å²) in [6.07, 6.45) is 0.667. The van der Waals surface area contributed by atoms with Crippen molar-refractivity contribution in [3.05, 3.63) is 38.0 Å². The number of carbonyl (C=O) groups excluding carboxylic acids is 1. The highest BCUT2D eigenvalue weighted by atomic mass is 35.5. The van der Waals surface area contributed by atoms with Crippen LogP contribution in [0.3, 0.4) is 0 Å². The van der Waals surface area contributed by atoms with Crippen LogP contribution in [-0.4, -0.2) is 27.6 Å². The quantitative estimate of drug-likeness (QED) is 0.941. The molecular weight excluding hydrogens is 307 g/mol. The molecule has 19 heavy (non-hydrogen) atoms. The number of amides is 1. The maximum Gasteiger partial charge on any atom is 0.254 e. The molecule has 2 aromatic heterocycles. The number of hydrogen-bond donors (Lipinski definition) is 1. The first-order valence-electron chi connectivity index (χ1n) is 5.44. The fraction of sp³-hybridized carbons (Fsp3) is 0.273. The molecule has 2 rings (SSSR count). The Morgan fingerprint density at radius 2 is 2.21 bits per heavy atom. The highest BCUT2D eigenvalue weighted by molar-refractivity contribution is 7.09. The minimum absolute atomic E-state index is 0.0337. The first kappa shape index (κ1) is 14.2. The van der Waals surface area contributed by atoms with Gasteiger partial charge in [0.05, 0.1) is 16.3 Å². The van der Waals surface area contributed by atoms with E-state index in [9.17, 15) is 4.79 Å². The Kier molecular flexibility index (Phi) is 4.68.